The maximum absolute atomic E-state index is 4.50. The Morgan fingerprint density at radius 3 is 2.26 bits per heavy atom. The van der Waals surface area contributed by atoms with Crippen molar-refractivity contribution in [2.45, 2.75) is 31.8 Å². The fourth-order valence-corrected chi connectivity index (χ4v) is 5.41. The lowest BCUT2D eigenvalue weighted by Crippen LogP contribution is -2.38. The fraction of sp³-hybridized carbons (Fsp3) is 0.320. The van der Waals surface area contributed by atoms with Crippen LogP contribution in [0.15, 0.2) is 78.2 Å². The third-order valence-corrected chi connectivity index (χ3v) is 7.10. The summed E-state index contributed by atoms with van der Waals surface area (Å²) < 4.78 is 1.97. The first-order valence-corrected chi connectivity index (χ1v) is 11.9. The van der Waals surface area contributed by atoms with Gasteiger partial charge in [-0.1, -0.05) is 66.7 Å². The number of likely N-dealkylation sites (tertiary alicyclic amines) is 1. The molecule has 1 unspecified atom stereocenters. The van der Waals surface area contributed by atoms with E-state index in [0.717, 1.165) is 24.8 Å². The van der Waals surface area contributed by atoms with Gasteiger partial charge in [-0.2, -0.15) is 0 Å². The average molecular weight is 430 g/mol. The fourth-order valence-electron chi connectivity index (χ4n) is 4.56. The zero-order valence-corrected chi connectivity index (χ0v) is 18.4. The van der Waals surface area contributed by atoms with E-state index in [1.54, 1.807) is 11.3 Å². The number of hydrogen-bond acceptors (Lipinski definition) is 5. The molecule has 0 bridgehead atoms. The third-order valence-electron chi connectivity index (χ3n) is 6.17. The number of piperidine rings is 1. The SMILES string of the molecule is c1ccc(CC2CCN(C(c3cccs3)c3nnnn3Cc3ccccc3)CC2)cc1. The van der Waals surface area contributed by atoms with Gasteiger partial charge in [0.05, 0.1) is 6.54 Å². The molecule has 3 heterocycles. The van der Waals surface area contributed by atoms with Crippen LogP contribution in [0, 0.1) is 5.92 Å². The van der Waals surface area contributed by atoms with Gasteiger partial charge >= 0.3 is 0 Å². The Hall–Kier alpha value is -2.83. The topological polar surface area (TPSA) is 46.8 Å². The molecule has 5 nitrogen and oxygen atoms in total. The minimum atomic E-state index is 0.108. The van der Waals surface area contributed by atoms with Crippen LogP contribution in [-0.4, -0.2) is 38.2 Å². The molecule has 0 N–H and O–H groups in total. The van der Waals surface area contributed by atoms with Gasteiger partial charge in [0.25, 0.3) is 0 Å². The summed E-state index contributed by atoms with van der Waals surface area (Å²) in [6, 6.07) is 25.7. The smallest absolute Gasteiger partial charge is 0.174 e. The normalized spacial score (nSPS) is 16.4. The summed E-state index contributed by atoms with van der Waals surface area (Å²) in [5, 5.41) is 15.0. The van der Waals surface area contributed by atoms with Crippen molar-refractivity contribution in [2.24, 2.45) is 5.92 Å². The van der Waals surface area contributed by atoms with Crippen LogP contribution in [0.4, 0.5) is 0 Å². The van der Waals surface area contributed by atoms with Gasteiger partial charge in [0, 0.05) is 4.88 Å². The molecule has 1 atom stereocenters. The van der Waals surface area contributed by atoms with Gasteiger partial charge in [-0.15, -0.1) is 16.4 Å². The number of rotatable bonds is 7. The molecular weight excluding hydrogens is 402 g/mol. The molecule has 2 aromatic carbocycles. The second-order valence-electron chi connectivity index (χ2n) is 8.27. The van der Waals surface area contributed by atoms with Crippen molar-refractivity contribution in [3.63, 3.8) is 0 Å². The molecular formula is C25H27N5S. The van der Waals surface area contributed by atoms with Crippen LogP contribution in [0.3, 0.4) is 0 Å². The first kappa shape index (κ1) is 20.1. The van der Waals surface area contributed by atoms with Crippen LogP contribution in [0.25, 0.3) is 0 Å². The van der Waals surface area contributed by atoms with E-state index in [1.165, 1.54) is 35.3 Å². The van der Waals surface area contributed by atoms with Crippen LogP contribution < -0.4 is 0 Å². The number of thiophene rings is 1. The molecule has 1 aliphatic heterocycles. The Labute approximate surface area is 187 Å². The van der Waals surface area contributed by atoms with Crippen molar-refractivity contribution in [2.75, 3.05) is 13.1 Å². The second kappa shape index (κ2) is 9.54. The molecule has 0 amide bonds. The van der Waals surface area contributed by atoms with Gasteiger partial charge in [0.15, 0.2) is 5.82 Å². The van der Waals surface area contributed by atoms with Crippen LogP contribution in [0.1, 0.15) is 40.7 Å². The van der Waals surface area contributed by atoms with Gasteiger partial charge in [-0.25, -0.2) is 4.68 Å². The quantitative estimate of drug-likeness (QED) is 0.422. The molecule has 1 fully saturated rings. The lowest BCUT2D eigenvalue weighted by molar-refractivity contribution is 0.145. The van der Waals surface area contributed by atoms with Gasteiger partial charge in [0.1, 0.15) is 6.04 Å². The van der Waals surface area contributed by atoms with E-state index < -0.39 is 0 Å². The van der Waals surface area contributed by atoms with E-state index in [1.807, 2.05) is 10.7 Å². The van der Waals surface area contributed by atoms with Gasteiger partial charge < -0.3 is 0 Å². The molecule has 31 heavy (non-hydrogen) atoms. The Morgan fingerprint density at radius 2 is 1.58 bits per heavy atom. The second-order valence-corrected chi connectivity index (χ2v) is 9.25. The first-order chi connectivity index (χ1) is 15.4. The number of tetrazole rings is 1. The summed E-state index contributed by atoms with van der Waals surface area (Å²) in [5.41, 5.74) is 2.66. The summed E-state index contributed by atoms with van der Waals surface area (Å²) in [6.07, 6.45) is 3.58. The van der Waals surface area contributed by atoms with E-state index >= 15 is 0 Å². The van der Waals surface area contributed by atoms with Crippen molar-refractivity contribution in [1.29, 1.82) is 0 Å². The van der Waals surface area contributed by atoms with E-state index in [-0.39, 0.29) is 6.04 Å². The zero-order valence-electron chi connectivity index (χ0n) is 17.5. The average Bonchev–Trinajstić information content (AvgIpc) is 3.50. The van der Waals surface area contributed by atoms with Crippen LogP contribution in [0.5, 0.6) is 0 Å². The van der Waals surface area contributed by atoms with Crippen molar-refractivity contribution in [3.05, 3.63) is 100 Å². The summed E-state index contributed by atoms with van der Waals surface area (Å²) in [7, 11) is 0. The standard InChI is InChI=1S/C25H27N5S/c1-3-8-20(9-4-1)18-21-13-15-29(16-14-21)24(23-12-7-17-31-23)25-26-27-28-30(25)19-22-10-5-2-6-11-22/h1-12,17,21,24H,13-16,18-19H2. The largest absolute Gasteiger partial charge is 0.289 e. The molecule has 6 heteroatoms. The molecule has 0 saturated carbocycles. The predicted octanol–water partition coefficient (Wildman–Crippen LogP) is 4.83. The van der Waals surface area contributed by atoms with Crippen molar-refractivity contribution < 1.29 is 0 Å². The van der Waals surface area contributed by atoms with E-state index in [4.69, 9.17) is 0 Å². The Kier molecular flexibility index (Phi) is 6.18. The maximum Gasteiger partial charge on any atom is 0.174 e. The van der Waals surface area contributed by atoms with Crippen LogP contribution >= 0.6 is 11.3 Å². The highest BCUT2D eigenvalue weighted by Crippen LogP contribution is 2.34. The van der Waals surface area contributed by atoms with E-state index in [9.17, 15) is 0 Å². The highest BCUT2D eigenvalue weighted by Gasteiger charge is 2.31. The summed E-state index contributed by atoms with van der Waals surface area (Å²) in [6.45, 7) is 2.83. The lowest BCUT2D eigenvalue weighted by atomic mass is 9.89. The van der Waals surface area contributed by atoms with Crippen molar-refractivity contribution in [1.82, 2.24) is 25.1 Å². The van der Waals surface area contributed by atoms with Crippen molar-refractivity contribution >= 4 is 11.3 Å². The highest BCUT2D eigenvalue weighted by atomic mass is 32.1. The van der Waals surface area contributed by atoms with Crippen LogP contribution in [-0.2, 0) is 13.0 Å². The Bertz CT molecular complexity index is 1050. The molecule has 5 rings (SSSR count). The number of aromatic nitrogens is 4. The molecule has 158 valence electrons. The number of hydrogen-bond donors (Lipinski definition) is 0. The molecule has 2 aromatic heterocycles. The van der Waals surface area contributed by atoms with Crippen LogP contribution in [0.2, 0.25) is 0 Å². The van der Waals surface area contributed by atoms with Gasteiger partial charge in [0.2, 0.25) is 0 Å². The first-order valence-electron chi connectivity index (χ1n) is 11.0. The predicted molar refractivity (Wildman–Crippen MR) is 124 cm³/mol. The molecule has 1 aliphatic rings. The summed E-state index contributed by atoms with van der Waals surface area (Å²) in [5.74, 6) is 1.68. The number of nitrogens with zero attached hydrogens (tertiary/aromatic N) is 5. The summed E-state index contributed by atoms with van der Waals surface area (Å²) >= 11 is 1.79. The third kappa shape index (κ3) is 4.75. The minimum absolute atomic E-state index is 0.108. The van der Waals surface area contributed by atoms with E-state index in [2.05, 4.69) is 92.5 Å². The highest BCUT2D eigenvalue weighted by molar-refractivity contribution is 7.10. The zero-order chi connectivity index (χ0) is 20.9. The number of benzene rings is 2. The summed E-state index contributed by atoms with van der Waals surface area (Å²) in [4.78, 5) is 3.88. The van der Waals surface area contributed by atoms with E-state index in [0.29, 0.717) is 6.54 Å². The maximum atomic E-state index is 4.50. The molecule has 1 saturated heterocycles. The molecule has 0 aliphatic carbocycles. The Morgan fingerprint density at radius 1 is 0.871 bits per heavy atom. The van der Waals surface area contributed by atoms with Crippen molar-refractivity contribution in [3.8, 4) is 0 Å². The molecule has 0 spiro atoms. The van der Waals surface area contributed by atoms with Gasteiger partial charge in [-0.05, 0) is 71.3 Å². The molecule has 0 radical (unpaired) electrons. The lowest BCUT2D eigenvalue weighted by Gasteiger charge is -2.36. The monoisotopic (exact) mass is 429 g/mol. The Balaban J connectivity index is 1.34. The van der Waals surface area contributed by atoms with Gasteiger partial charge in [-0.3, -0.25) is 4.90 Å². The minimum Gasteiger partial charge on any atom is -0.289 e. The molecule has 4 aromatic rings.